The van der Waals surface area contributed by atoms with Crippen molar-refractivity contribution in [2.24, 2.45) is 0 Å². The molecule has 2 aromatic rings. The van der Waals surface area contributed by atoms with E-state index in [1.54, 1.807) is 0 Å². The van der Waals surface area contributed by atoms with Gasteiger partial charge in [0.05, 0.1) is 16.6 Å². The number of nitrogens with zero attached hydrogens (tertiary/aromatic N) is 2. The second kappa shape index (κ2) is 4.88. The summed E-state index contributed by atoms with van der Waals surface area (Å²) in [6.07, 6.45) is 1.32. The van der Waals surface area contributed by atoms with Crippen LogP contribution in [0.3, 0.4) is 0 Å². The highest BCUT2D eigenvalue weighted by molar-refractivity contribution is 9.10. The number of aromatic nitrogens is 1. The molecule has 2 heterocycles. The normalized spacial score (nSPS) is 16.1. The fourth-order valence-corrected chi connectivity index (χ4v) is 3.97. The second-order valence-electron chi connectivity index (χ2n) is 4.42. The molecule has 1 aliphatic heterocycles. The van der Waals surface area contributed by atoms with E-state index in [0.717, 1.165) is 4.31 Å². The Morgan fingerprint density at radius 2 is 2.05 bits per heavy atom. The monoisotopic (exact) mass is 370 g/mol. The van der Waals surface area contributed by atoms with Gasteiger partial charge >= 0.3 is 0 Å². The fraction of sp³-hybridized carbons (Fsp3) is 0.0769. The van der Waals surface area contributed by atoms with Gasteiger partial charge in [0.15, 0.2) is 5.03 Å². The first kappa shape index (κ1) is 14.2. The number of pyridine rings is 1. The van der Waals surface area contributed by atoms with Gasteiger partial charge in [-0.15, -0.1) is 0 Å². The molecule has 0 aliphatic carbocycles. The molecule has 0 spiro atoms. The van der Waals surface area contributed by atoms with Gasteiger partial charge in [0.1, 0.15) is 5.82 Å². The van der Waals surface area contributed by atoms with Crippen molar-refractivity contribution < 1.29 is 17.6 Å². The number of rotatable bonds is 2. The van der Waals surface area contributed by atoms with E-state index in [9.17, 15) is 17.6 Å². The molecular weight excluding hydrogens is 363 g/mol. The Hall–Kier alpha value is -1.80. The van der Waals surface area contributed by atoms with Gasteiger partial charge in [0, 0.05) is 6.20 Å². The van der Waals surface area contributed by atoms with Gasteiger partial charge in [-0.25, -0.2) is 13.7 Å². The van der Waals surface area contributed by atoms with Crippen molar-refractivity contribution in [3.63, 3.8) is 0 Å². The number of benzene rings is 1. The van der Waals surface area contributed by atoms with Crippen LogP contribution in [0.15, 0.2) is 46.0 Å². The van der Waals surface area contributed by atoms with Crippen molar-refractivity contribution in [3.05, 3.63) is 57.9 Å². The van der Waals surface area contributed by atoms with Crippen molar-refractivity contribution in [2.45, 2.75) is 11.6 Å². The van der Waals surface area contributed by atoms with Gasteiger partial charge in [-0.3, -0.25) is 4.79 Å². The Labute approximate surface area is 128 Å². The molecule has 0 atom stereocenters. The van der Waals surface area contributed by atoms with Crippen LogP contribution in [-0.2, 0) is 16.6 Å². The van der Waals surface area contributed by atoms with Gasteiger partial charge in [-0.05, 0) is 45.8 Å². The number of sulfonamides is 1. The smallest absolute Gasteiger partial charge is 0.268 e. The van der Waals surface area contributed by atoms with Gasteiger partial charge in [-0.2, -0.15) is 8.42 Å². The first-order valence-electron chi connectivity index (χ1n) is 5.87. The molecule has 21 heavy (non-hydrogen) atoms. The van der Waals surface area contributed by atoms with Crippen molar-refractivity contribution in [2.75, 3.05) is 0 Å². The van der Waals surface area contributed by atoms with E-state index in [-0.39, 0.29) is 21.6 Å². The zero-order chi connectivity index (χ0) is 15.2. The molecule has 1 amide bonds. The number of carbonyl (C=O) groups excluding carboxylic acids is 1. The van der Waals surface area contributed by atoms with Gasteiger partial charge < -0.3 is 0 Å². The van der Waals surface area contributed by atoms with Crippen LogP contribution >= 0.6 is 15.9 Å². The number of carbonyl (C=O) groups is 1. The molecule has 0 radical (unpaired) electrons. The van der Waals surface area contributed by atoms with E-state index < -0.39 is 21.7 Å². The predicted molar refractivity (Wildman–Crippen MR) is 75.4 cm³/mol. The maximum atomic E-state index is 13.2. The second-order valence-corrected chi connectivity index (χ2v) is 7.05. The van der Waals surface area contributed by atoms with Crippen LogP contribution in [0.25, 0.3) is 0 Å². The molecule has 5 nitrogen and oxygen atoms in total. The SMILES string of the molecule is O=C1c2cccnc2S(=O)(=O)N1Cc1ccc(F)c(Br)c1. The lowest BCUT2D eigenvalue weighted by molar-refractivity contribution is 0.0865. The first-order valence-corrected chi connectivity index (χ1v) is 8.10. The van der Waals surface area contributed by atoms with E-state index >= 15 is 0 Å². The molecule has 108 valence electrons. The lowest BCUT2D eigenvalue weighted by atomic mass is 10.2. The largest absolute Gasteiger partial charge is 0.285 e. The number of hydrogen-bond acceptors (Lipinski definition) is 4. The molecule has 1 aliphatic rings. The molecule has 3 rings (SSSR count). The molecule has 1 aromatic heterocycles. The Bertz CT molecular complexity index is 854. The fourth-order valence-electron chi connectivity index (χ4n) is 2.07. The standard InChI is InChI=1S/C13H8BrFN2O3S/c14-10-6-8(3-4-11(10)15)7-17-13(18)9-2-1-5-16-12(9)21(17,19)20/h1-6H,7H2. The predicted octanol–water partition coefficient (Wildman–Crippen LogP) is 2.33. The lowest BCUT2D eigenvalue weighted by Crippen LogP contribution is -2.29. The third-order valence-corrected chi connectivity index (χ3v) is 5.37. The minimum absolute atomic E-state index is 0.0543. The maximum absolute atomic E-state index is 13.2. The molecule has 0 bridgehead atoms. The lowest BCUT2D eigenvalue weighted by Gasteiger charge is -2.14. The van der Waals surface area contributed by atoms with Crippen molar-refractivity contribution in [1.29, 1.82) is 0 Å². The number of halogens is 2. The maximum Gasteiger partial charge on any atom is 0.285 e. The molecule has 8 heteroatoms. The van der Waals surface area contributed by atoms with Crippen molar-refractivity contribution >= 4 is 31.9 Å². The number of amides is 1. The number of fused-ring (bicyclic) bond motifs is 1. The molecule has 0 fully saturated rings. The molecule has 0 saturated carbocycles. The van der Waals surface area contributed by atoms with E-state index in [0.29, 0.717) is 5.56 Å². The Morgan fingerprint density at radius 3 is 2.71 bits per heavy atom. The molecule has 0 saturated heterocycles. The van der Waals surface area contributed by atoms with E-state index in [1.807, 2.05) is 0 Å². The van der Waals surface area contributed by atoms with E-state index in [1.165, 1.54) is 36.5 Å². The highest BCUT2D eigenvalue weighted by atomic mass is 79.9. The minimum atomic E-state index is -3.95. The average Bonchev–Trinajstić information content (AvgIpc) is 2.65. The molecule has 0 N–H and O–H groups in total. The Balaban J connectivity index is 2.01. The summed E-state index contributed by atoms with van der Waals surface area (Å²) in [6.45, 7) is -0.170. The Kier molecular flexibility index (Phi) is 3.29. The summed E-state index contributed by atoms with van der Waals surface area (Å²) >= 11 is 3.03. The highest BCUT2D eigenvalue weighted by Crippen LogP contribution is 2.30. The van der Waals surface area contributed by atoms with Crippen LogP contribution in [0.5, 0.6) is 0 Å². The summed E-state index contributed by atoms with van der Waals surface area (Å²) < 4.78 is 38.8. The topological polar surface area (TPSA) is 67.3 Å². The Morgan fingerprint density at radius 1 is 1.29 bits per heavy atom. The van der Waals surface area contributed by atoms with E-state index in [2.05, 4.69) is 20.9 Å². The van der Waals surface area contributed by atoms with Crippen LogP contribution in [0.2, 0.25) is 0 Å². The highest BCUT2D eigenvalue weighted by Gasteiger charge is 2.42. The van der Waals surface area contributed by atoms with Gasteiger partial charge in [0.25, 0.3) is 15.9 Å². The van der Waals surface area contributed by atoms with Crippen LogP contribution in [0, 0.1) is 5.82 Å². The van der Waals surface area contributed by atoms with Gasteiger partial charge in [-0.1, -0.05) is 6.07 Å². The number of hydrogen-bond donors (Lipinski definition) is 0. The minimum Gasteiger partial charge on any atom is -0.268 e. The van der Waals surface area contributed by atoms with Crippen molar-refractivity contribution in [3.8, 4) is 0 Å². The summed E-state index contributed by atoms with van der Waals surface area (Å²) in [4.78, 5) is 16.0. The molecule has 1 aromatic carbocycles. The van der Waals surface area contributed by atoms with Crippen LogP contribution in [0.4, 0.5) is 4.39 Å². The summed E-state index contributed by atoms with van der Waals surface area (Å²) in [7, 11) is -3.95. The van der Waals surface area contributed by atoms with Crippen LogP contribution < -0.4 is 0 Å². The summed E-state index contributed by atoms with van der Waals surface area (Å²) in [5, 5.41) is -0.240. The third kappa shape index (κ3) is 2.24. The summed E-state index contributed by atoms with van der Waals surface area (Å²) in [6, 6.07) is 7.00. The zero-order valence-electron chi connectivity index (χ0n) is 10.5. The summed E-state index contributed by atoms with van der Waals surface area (Å²) in [5.74, 6) is -1.09. The summed E-state index contributed by atoms with van der Waals surface area (Å²) in [5.41, 5.74) is 0.548. The first-order chi connectivity index (χ1) is 9.91. The zero-order valence-corrected chi connectivity index (χ0v) is 12.9. The van der Waals surface area contributed by atoms with Gasteiger partial charge in [0.2, 0.25) is 0 Å². The average molecular weight is 371 g/mol. The van der Waals surface area contributed by atoms with Crippen LogP contribution in [-0.4, -0.2) is 23.6 Å². The molecular formula is C13H8BrFN2O3S. The molecule has 0 unspecified atom stereocenters. The van der Waals surface area contributed by atoms with Crippen LogP contribution in [0.1, 0.15) is 15.9 Å². The quantitative estimate of drug-likeness (QED) is 0.813. The van der Waals surface area contributed by atoms with Crippen molar-refractivity contribution in [1.82, 2.24) is 9.29 Å². The van der Waals surface area contributed by atoms with E-state index in [4.69, 9.17) is 0 Å². The third-order valence-electron chi connectivity index (χ3n) is 3.07.